The Hall–Kier alpha value is -5.04. The van der Waals surface area contributed by atoms with Crippen molar-refractivity contribution in [2.45, 2.75) is 6.92 Å². The van der Waals surface area contributed by atoms with E-state index in [0.717, 1.165) is 5.56 Å². The number of carbonyl (C=O) groups is 1. The molecule has 0 aliphatic heterocycles. The zero-order valence-electron chi connectivity index (χ0n) is 20.3. The van der Waals surface area contributed by atoms with Crippen LogP contribution in [-0.2, 0) is 0 Å². The molecule has 37 heavy (non-hydrogen) atoms. The molecule has 1 aromatic heterocycles. The molecule has 0 fully saturated rings. The Kier molecular flexibility index (Phi) is 6.59. The van der Waals surface area contributed by atoms with Crippen molar-refractivity contribution >= 4 is 23.1 Å². The van der Waals surface area contributed by atoms with Crippen molar-refractivity contribution < 1.29 is 14.3 Å². The summed E-state index contributed by atoms with van der Waals surface area (Å²) >= 11 is 0. The highest BCUT2D eigenvalue weighted by molar-refractivity contribution is 5.93. The van der Waals surface area contributed by atoms with Crippen LogP contribution in [0.5, 0.6) is 11.5 Å². The van der Waals surface area contributed by atoms with Crippen LogP contribution >= 0.6 is 0 Å². The molecule has 5 rings (SSSR count). The average molecular weight is 490 g/mol. The van der Waals surface area contributed by atoms with Gasteiger partial charge in [0, 0.05) is 11.1 Å². The third kappa shape index (κ3) is 5.01. The van der Waals surface area contributed by atoms with Gasteiger partial charge >= 0.3 is 5.97 Å². The normalized spacial score (nSPS) is 11.1. The summed E-state index contributed by atoms with van der Waals surface area (Å²) in [4.78, 5) is 30.9. The number of hydrogen-bond donors (Lipinski definition) is 0. The van der Waals surface area contributed by atoms with Gasteiger partial charge in [0.15, 0.2) is 5.82 Å². The summed E-state index contributed by atoms with van der Waals surface area (Å²) in [6.45, 7) is 1.91. The maximum atomic E-state index is 13.4. The van der Waals surface area contributed by atoms with E-state index >= 15 is 0 Å². The number of para-hydroxylation sites is 2. The molecule has 0 radical (unpaired) electrons. The van der Waals surface area contributed by atoms with Gasteiger partial charge in [-0.25, -0.2) is 9.78 Å². The zero-order chi connectivity index (χ0) is 25.8. The fourth-order valence-electron chi connectivity index (χ4n) is 3.89. The van der Waals surface area contributed by atoms with Gasteiger partial charge in [0.2, 0.25) is 0 Å². The van der Waals surface area contributed by atoms with Crippen LogP contribution < -0.4 is 15.0 Å². The van der Waals surface area contributed by atoms with E-state index in [-0.39, 0.29) is 5.56 Å². The van der Waals surface area contributed by atoms with E-state index in [1.54, 1.807) is 79.9 Å². The highest BCUT2D eigenvalue weighted by atomic mass is 16.5. The van der Waals surface area contributed by atoms with E-state index in [0.29, 0.717) is 44.9 Å². The van der Waals surface area contributed by atoms with Gasteiger partial charge in [-0.05, 0) is 67.6 Å². The molecule has 0 aliphatic carbocycles. The second-order valence-corrected chi connectivity index (χ2v) is 8.34. The summed E-state index contributed by atoms with van der Waals surface area (Å²) in [6, 6.07) is 28.5. The zero-order valence-corrected chi connectivity index (χ0v) is 20.3. The summed E-state index contributed by atoms with van der Waals surface area (Å²) in [6.07, 6.45) is 1.49. The molecular formula is C30H23N3O4. The van der Waals surface area contributed by atoms with Crippen molar-refractivity contribution in [3.8, 4) is 22.9 Å². The molecule has 0 bridgehead atoms. The smallest absolute Gasteiger partial charge is 0.343 e. The maximum Gasteiger partial charge on any atom is 0.343 e. The molecule has 182 valence electrons. The van der Waals surface area contributed by atoms with Crippen LogP contribution in [-0.4, -0.2) is 29.0 Å². The van der Waals surface area contributed by atoms with Gasteiger partial charge in [0.25, 0.3) is 5.56 Å². The van der Waals surface area contributed by atoms with Crippen LogP contribution in [0.2, 0.25) is 0 Å². The molecule has 0 saturated heterocycles. The highest BCUT2D eigenvalue weighted by Gasteiger charge is 2.14. The molecule has 0 spiro atoms. The van der Waals surface area contributed by atoms with Crippen LogP contribution in [0.1, 0.15) is 21.5 Å². The monoisotopic (exact) mass is 489 g/mol. The Morgan fingerprint density at radius 1 is 0.919 bits per heavy atom. The first-order chi connectivity index (χ1) is 18.0. The molecule has 5 aromatic rings. The van der Waals surface area contributed by atoms with Gasteiger partial charge in [0.1, 0.15) is 11.5 Å². The molecule has 7 heteroatoms. The Labute approximate surface area is 213 Å². The molecule has 1 heterocycles. The van der Waals surface area contributed by atoms with E-state index in [1.165, 1.54) is 10.9 Å². The lowest BCUT2D eigenvalue weighted by molar-refractivity contribution is 0.0734. The number of methoxy groups -OCH3 is 1. The van der Waals surface area contributed by atoms with Crippen molar-refractivity contribution in [2.75, 3.05) is 7.11 Å². The van der Waals surface area contributed by atoms with Crippen LogP contribution in [0, 0.1) is 6.92 Å². The van der Waals surface area contributed by atoms with E-state index in [9.17, 15) is 9.59 Å². The summed E-state index contributed by atoms with van der Waals surface area (Å²) in [5.74, 6) is 0.904. The second kappa shape index (κ2) is 10.3. The molecule has 0 saturated carbocycles. The second-order valence-electron chi connectivity index (χ2n) is 8.34. The van der Waals surface area contributed by atoms with Gasteiger partial charge < -0.3 is 9.47 Å². The van der Waals surface area contributed by atoms with Crippen molar-refractivity contribution in [3.63, 3.8) is 0 Å². The van der Waals surface area contributed by atoms with E-state index in [4.69, 9.17) is 14.5 Å². The number of hydrogen-bond acceptors (Lipinski definition) is 6. The summed E-state index contributed by atoms with van der Waals surface area (Å²) < 4.78 is 12.2. The summed E-state index contributed by atoms with van der Waals surface area (Å²) in [7, 11) is 1.59. The number of benzene rings is 4. The highest BCUT2D eigenvalue weighted by Crippen LogP contribution is 2.23. The Morgan fingerprint density at radius 3 is 2.46 bits per heavy atom. The molecule has 0 N–H and O–H groups in total. The lowest BCUT2D eigenvalue weighted by atomic mass is 10.1. The van der Waals surface area contributed by atoms with Gasteiger partial charge in [-0.1, -0.05) is 42.0 Å². The topological polar surface area (TPSA) is 82.8 Å². The van der Waals surface area contributed by atoms with Crippen LogP contribution in [0.3, 0.4) is 0 Å². The number of carbonyl (C=O) groups excluding carboxylic acids is 1. The van der Waals surface area contributed by atoms with Gasteiger partial charge in [-0.2, -0.15) is 9.78 Å². The van der Waals surface area contributed by atoms with Gasteiger partial charge in [-0.15, -0.1) is 0 Å². The maximum absolute atomic E-state index is 13.4. The molecule has 0 amide bonds. The van der Waals surface area contributed by atoms with Crippen molar-refractivity contribution in [1.29, 1.82) is 0 Å². The lowest BCUT2D eigenvalue weighted by Crippen LogP contribution is -2.20. The predicted octanol–water partition coefficient (Wildman–Crippen LogP) is 5.48. The fourth-order valence-corrected chi connectivity index (χ4v) is 3.89. The molecule has 7 nitrogen and oxygen atoms in total. The summed E-state index contributed by atoms with van der Waals surface area (Å²) in [5.41, 5.74) is 2.88. The standard InChI is InChI=1S/C30H23N3O4/c1-20-8-7-10-22(18-20)30(35)37-27-13-6-3-9-23(27)19-31-33-28(21-14-16-24(36-2)17-15-21)32-26-12-5-4-11-25(26)29(33)34/h3-19H,1-2H3/b31-19+. The minimum atomic E-state index is -0.479. The first kappa shape index (κ1) is 23.7. The minimum absolute atomic E-state index is 0.318. The molecule has 0 atom stereocenters. The van der Waals surface area contributed by atoms with E-state index in [1.807, 2.05) is 31.2 Å². The first-order valence-corrected chi connectivity index (χ1v) is 11.6. The predicted molar refractivity (Wildman–Crippen MR) is 144 cm³/mol. The number of fused-ring (bicyclic) bond motifs is 1. The molecule has 0 aliphatic rings. The largest absolute Gasteiger partial charge is 0.497 e. The number of aryl methyl sites for hydroxylation is 1. The average Bonchev–Trinajstić information content (AvgIpc) is 2.93. The lowest BCUT2D eigenvalue weighted by Gasteiger charge is -2.11. The SMILES string of the molecule is COc1ccc(-c2nc3ccccc3c(=O)n2/N=C/c2ccccc2OC(=O)c2cccc(C)c2)cc1. The van der Waals surface area contributed by atoms with Crippen molar-refractivity contribution in [3.05, 3.63) is 124 Å². The number of esters is 1. The van der Waals surface area contributed by atoms with E-state index < -0.39 is 5.97 Å². The Morgan fingerprint density at radius 2 is 1.68 bits per heavy atom. The molecule has 0 unspecified atom stereocenters. The van der Waals surface area contributed by atoms with Crippen LogP contribution in [0.15, 0.2) is 107 Å². The van der Waals surface area contributed by atoms with E-state index in [2.05, 4.69) is 5.10 Å². The minimum Gasteiger partial charge on any atom is -0.497 e. The number of nitrogens with zero attached hydrogens (tertiary/aromatic N) is 3. The van der Waals surface area contributed by atoms with Crippen molar-refractivity contribution in [2.24, 2.45) is 5.10 Å². The van der Waals surface area contributed by atoms with Gasteiger partial charge in [-0.3, -0.25) is 4.79 Å². The molecule has 4 aromatic carbocycles. The Bertz CT molecular complexity index is 1690. The van der Waals surface area contributed by atoms with Crippen LogP contribution in [0.4, 0.5) is 0 Å². The first-order valence-electron chi connectivity index (χ1n) is 11.6. The third-order valence-electron chi connectivity index (χ3n) is 5.79. The van der Waals surface area contributed by atoms with Crippen LogP contribution in [0.25, 0.3) is 22.3 Å². The quantitative estimate of drug-likeness (QED) is 0.179. The number of rotatable bonds is 6. The van der Waals surface area contributed by atoms with Gasteiger partial charge in [0.05, 0.1) is 29.8 Å². The van der Waals surface area contributed by atoms with Crippen molar-refractivity contribution in [1.82, 2.24) is 9.66 Å². The fraction of sp³-hybridized carbons (Fsp3) is 0.0667. The number of ether oxygens (including phenoxy) is 2. The number of aromatic nitrogens is 2. The summed E-state index contributed by atoms with van der Waals surface area (Å²) in [5, 5.41) is 4.93. The third-order valence-corrected chi connectivity index (χ3v) is 5.79. The molecular weight excluding hydrogens is 466 g/mol. The Balaban J connectivity index is 1.56.